The monoisotopic (exact) mass is 506 g/mol. The Hall–Kier alpha value is -3.54. The van der Waals surface area contributed by atoms with Gasteiger partial charge in [0.05, 0.1) is 33.0 Å². The van der Waals surface area contributed by atoms with E-state index in [1.165, 1.54) is 0 Å². The topological polar surface area (TPSA) is 254 Å². The summed E-state index contributed by atoms with van der Waals surface area (Å²) in [6.45, 7) is -1.90. The standard InChI is InChI=1S/C18H30N6O11/c25-7-11-15(30)19-3-4-34-5-6-35-9-13(27)20-12(8-26)17(32)24-23-16(31)10(1-2-14(28)29)21-18(33)22-11/h10-12,25-26H,1-9H2,(H,19,30)(H,20,27)(H,23,31)(H,24,32)(H,28,29)(H2,21,22,33)/t10-,11-,12-/m0/s1. The highest BCUT2D eigenvalue weighted by Gasteiger charge is 2.27. The molecule has 0 saturated carbocycles. The number of hydrogen-bond acceptors (Lipinski definition) is 10. The van der Waals surface area contributed by atoms with E-state index in [0.29, 0.717) is 0 Å². The summed E-state index contributed by atoms with van der Waals surface area (Å²) in [6, 6.07) is -5.40. The van der Waals surface area contributed by atoms with Crippen LogP contribution < -0.4 is 32.1 Å². The van der Waals surface area contributed by atoms with Crippen LogP contribution in [0.5, 0.6) is 0 Å². The lowest BCUT2D eigenvalue weighted by atomic mass is 10.1. The number of amides is 6. The van der Waals surface area contributed by atoms with Crippen LogP contribution in [0, 0.1) is 0 Å². The number of carboxylic acids is 1. The summed E-state index contributed by atoms with van der Waals surface area (Å²) in [7, 11) is 0. The predicted octanol–water partition coefficient (Wildman–Crippen LogP) is -5.33. The fraction of sp³-hybridized carbons (Fsp3) is 0.667. The number of aliphatic carboxylic acids is 1. The Morgan fingerprint density at radius 2 is 1.37 bits per heavy atom. The van der Waals surface area contributed by atoms with Crippen LogP contribution >= 0.6 is 0 Å². The summed E-state index contributed by atoms with van der Waals surface area (Å²) >= 11 is 0. The minimum atomic E-state index is -1.48. The Labute approximate surface area is 199 Å². The molecule has 1 saturated heterocycles. The first kappa shape index (κ1) is 29.5. The second kappa shape index (κ2) is 16.1. The van der Waals surface area contributed by atoms with Crippen molar-refractivity contribution in [2.45, 2.75) is 31.0 Å². The van der Waals surface area contributed by atoms with Crippen LogP contribution in [0.1, 0.15) is 12.8 Å². The number of hydrogen-bond donors (Lipinski definition) is 9. The zero-order valence-corrected chi connectivity index (χ0v) is 18.7. The zero-order valence-electron chi connectivity index (χ0n) is 18.7. The summed E-state index contributed by atoms with van der Waals surface area (Å²) in [6.07, 6.45) is -0.930. The van der Waals surface area contributed by atoms with Crippen LogP contribution in [0.3, 0.4) is 0 Å². The van der Waals surface area contributed by atoms with E-state index in [1.807, 2.05) is 10.9 Å². The molecule has 0 aromatic heterocycles. The van der Waals surface area contributed by atoms with Crippen LogP contribution in [0.15, 0.2) is 0 Å². The first-order valence-corrected chi connectivity index (χ1v) is 10.5. The van der Waals surface area contributed by atoms with E-state index in [1.54, 1.807) is 0 Å². The molecule has 1 rings (SSSR count). The number of nitrogens with one attached hydrogen (secondary N) is 6. The largest absolute Gasteiger partial charge is 0.481 e. The molecule has 35 heavy (non-hydrogen) atoms. The number of aliphatic hydroxyl groups is 2. The van der Waals surface area contributed by atoms with Gasteiger partial charge in [-0.05, 0) is 6.42 Å². The maximum Gasteiger partial charge on any atom is 0.316 e. The molecule has 1 heterocycles. The van der Waals surface area contributed by atoms with E-state index in [0.717, 1.165) is 0 Å². The smallest absolute Gasteiger partial charge is 0.316 e. The summed E-state index contributed by atoms with van der Waals surface area (Å²) in [5, 5.41) is 36.6. The Balaban J connectivity index is 2.95. The normalized spacial score (nSPS) is 24.4. The average Bonchev–Trinajstić information content (AvgIpc) is 2.82. The van der Waals surface area contributed by atoms with E-state index in [9.17, 15) is 39.0 Å². The molecular weight excluding hydrogens is 476 g/mol. The van der Waals surface area contributed by atoms with E-state index in [4.69, 9.17) is 14.6 Å². The Bertz CT molecular complexity index is 765. The fourth-order valence-corrected chi connectivity index (χ4v) is 2.57. The van der Waals surface area contributed by atoms with Crippen molar-refractivity contribution in [1.29, 1.82) is 0 Å². The number of rotatable bonds is 5. The van der Waals surface area contributed by atoms with Crippen molar-refractivity contribution in [1.82, 2.24) is 32.1 Å². The summed E-state index contributed by atoms with van der Waals surface area (Å²) < 4.78 is 10.3. The number of carboxylic acid groups (broad SMARTS) is 1. The lowest BCUT2D eigenvalue weighted by Gasteiger charge is -2.22. The average molecular weight is 506 g/mol. The molecule has 1 aliphatic heterocycles. The third kappa shape index (κ3) is 11.9. The van der Waals surface area contributed by atoms with E-state index in [2.05, 4.69) is 21.3 Å². The van der Waals surface area contributed by atoms with Gasteiger partial charge in [0.15, 0.2) is 0 Å². The minimum Gasteiger partial charge on any atom is -0.481 e. The SMILES string of the molecule is O=C(O)CC[C@@H]1NC(=O)N[C@@H](CO)C(=O)NCCOCCOCC(=O)N[C@@H](CO)C(=O)NNC1=O. The Kier molecular flexibility index (Phi) is 13.6. The number of ether oxygens (including phenoxy) is 2. The highest BCUT2D eigenvalue weighted by molar-refractivity contribution is 5.93. The first-order valence-electron chi connectivity index (χ1n) is 10.5. The molecule has 198 valence electrons. The summed E-state index contributed by atoms with van der Waals surface area (Å²) in [5.41, 5.74) is 3.90. The van der Waals surface area contributed by atoms with Crippen molar-refractivity contribution in [3.05, 3.63) is 0 Å². The number of carbonyl (C=O) groups excluding carboxylic acids is 5. The third-order valence-corrected chi connectivity index (χ3v) is 4.37. The predicted molar refractivity (Wildman–Crippen MR) is 113 cm³/mol. The van der Waals surface area contributed by atoms with Crippen LogP contribution in [-0.2, 0) is 33.4 Å². The van der Waals surface area contributed by atoms with Gasteiger partial charge in [-0.3, -0.25) is 34.8 Å². The number of hydrazine groups is 1. The number of urea groups is 1. The van der Waals surface area contributed by atoms with Gasteiger partial charge in [-0.15, -0.1) is 0 Å². The van der Waals surface area contributed by atoms with Crippen molar-refractivity contribution in [2.24, 2.45) is 0 Å². The van der Waals surface area contributed by atoms with Crippen molar-refractivity contribution in [3.63, 3.8) is 0 Å². The molecular formula is C18H30N6O11. The quantitative estimate of drug-likeness (QED) is 0.170. The fourth-order valence-electron chi connectivity index (χ4n) is 2.57. The van der Waals surface area contributed by atoms with E-state index >= 15 is 0 Å². The third-order valence-electron chi connectivity index (χ3n) is 4.37. The van der Waals surface area contributed by atoms with Crippen LogP contribution in [-0.4, -0.2) is 115 Å². The molecule has 1 aliphatic rings. The molecule has 17 heteroatoms. The van der Waals surface area contributed by atoms with E-state index < -0.39 is 86.4 Å². The highest BCUT2D eigenvalue weighted by Crippen LogP contribution is 1.99. The minimum absolute atomic E-state index is 0.00609. The van der Waals surface area contributed by atoms with Gasteiger partial charge in [0.25, 0.3) is 11.8 Å². The van der Waals surface area contributed by atoms with Crippen LogP contribution in [0.2, 0.25) is 0 Å². The van der Waals surface area contributed by atoms with Gasteiger partial charge in [-0.25, -0.2) is 4.79 Å². The number of aliphatic hydroxyl groups excluding tert-OH is 2. The van der Waals surface area contributed by atoms with Gasteiger partial charge >= 0.3 is 12.0 Å². The first-order chi connectivity index (χ1) is 16.7. The number of carbonyl (C=O) groups is 6. The van der Waals surface area contributed by atoms with Crippen molar-refractivity contribution in [3.8, 4) is 0 Å². The molecule has 0 aromatic rings. The lowest BCUT2D eigenvalue weighted by molar-refractivity contribution is -0.137. The Morgan fingerprint density at radius 1 is 0.800 bits per heavy atom. The van der Waals surface area contributed by atoms with Gasteiger partial charge in [-0.2, -0.15) is 0 Å². The van der Waals surface area contributed by atoms with Crippen molar-refractivity contribution >= 4 is 35.6 Å². The summed E-state index contributed by atoms with van der Waals surface area (Å²) in [5.74, 6) is -4.81. The Morgan fingerprint density at radius 3 is 2.00 bits per heavy atom. The lowest BCUT2D eigenvalue weighted by Crippen LogP contribution is -2.59. The molecule has 9 N–H and O–H groups in total. The van der Waals surface area contributed by atoms with Gasteiger partial charge < -0.3 is 46.1 Å². The molecule has 6 amide bonds. The van der Waals surface area contributed by atoms with Gasteiger partial charge in [0.2, 0.25) is 11.8 Å². The van der Waals surface area contributed by atoms with Gasteiger partial charge in [0, 0.05) is 13.0 Å². The van der Waals surface area contributed by atoms with Crippen LogP contribution in [0.25, 0.3) is 0 Å². The van der Waals surface area contributed by atoms with Crippen LogP contribution in [0.4, 0.5) is 4.79 Å². The molecule has 0 spiro atoms. The zero-order chi connectivity index (χ0) is 26.2. The second-order valence-electron chi connectivity index (χ2n) is 7.08. The molecule has 17 nitrogen and oxygen atoms in total. The van der Waals surface area contributed by atoms with Crippen molar-refractivity contribution < 1.29 is 53.6 Å². The molecule has 0 radical (unpaired) electrons. The molecule has 0 aliphatic carbocycles. The van der Waals surface area contributed by atoms with Gasteiger partial charge in [0.1, 0.15) is 24.7 Å². The highest BCUT2D eigenvalue weighted by atomic mass is 16.5. The maximum atomic E-state index is 12.4. The van der Waals surface area contributed by atoms with Gasteiger partial charge in [-0.1, -0.05) is 0 Å². The van der Waals surface area contributed by atoms with Crippen molar-refractivity contribution in [2.75, 3.05) is 46.2 Å². The second-order valence-corrected chi connectivity index (χ2v) is 7.08. The van der Waals surface area contributed by atoms with E-state index in [-0.39, 0.29) is 26.4 Å². The molecule has 3 atom stereocenters. The molecule has 0 aromatic carbocycles. The molecule has 0 bridgehead atoms. The maximum absolute atomic E-state index is 12.4. The molecule has 1 fully saturated rings. The molecule has 0 unspecified atom stereocenters. The summed E-state index contributed by atoms with van der Waals surface area (Å²) in [4.78, 5) is 71.8.